The van der Waals surface area contributed by atoms with Crippen molar-refractivity contribution in [3.8, 4) is 0 Å². The average Bonchev–Trinajstić information content (AvgIpc) is 4.09. The third-order valence-corrected chi connectivity index (χ3v) is 14.2. The standard InChI is InChI=1S/C35H26Cl2N2O3.C24H20Cl2N2O2/c36-31-14-13-27(21-32(31)37)30(15-18-42-35(41)29-12-10-24-6-2-4-8-26(24)20-29)22-39-17-16-38-34(39)33(40)28-11-9-23-5-1-3-7-25(23)19-28;25-21-8-7-18(14-22(21)26)20(9-12-29)15-28-11-10-27-24(28)23(30)19-6-5-16-3-1-2-4-17(16)13-19/h1-14,16-17,19-21,30H,15,18,22H2;1-8,10-11,13-14,20,29H,9,12,15H2. The van der Waals surface area contributed by atoms with Crippen LogP contribution in [0.3, 0.4) is 0 Å². The smallest absolute Gasteiger partial charge is 0.338 e. The Morgan fingerprint density at radius 1 is 0.472 bits per heavy atom. The Morgan fingerprint density at radius 2 is 0.875 bits per heavy atom. The van der Waals surface area contributed by atoms with Gasteiger partial charge in [-0.15, -0.1) is 0 Å². The van der Waals surface area contributed by atoms with E-state index in [2.05, 4.69) is 9.97 Å². The number of imidazole rings is 2. The molecule has 9 nitrogen and oxygen atoms in total. The van der Waals surface area contributed by atoms with Crippen LogP contribution in [-0.2, 0) is 17.8 Å². The highest BCUT2D eigenvalue weighted by molar-refractivity contribution is 6.42. The molecule has 0 bridgehead atoms. The van der Waals surface area contributed by atoms with E-state index in [1.165, 1.54) is 0 Å². The van der Waals surface area contributed by atoms with Crippen LogP contribution in [0.4, 0.5) is 0 Å². The van der Waals surface area contributed by atoms with Crippen molar-refractivity contribution in [1.82, 2.24) is 19.1 Å². The van der Waals surface area contributed by atoms with Crippen LogP contribution in [0.15, 0.2) is 189 Å². The van der Waals surface area contributed by atoms with Crippen molar-refractivity contribution in [2.45, 2.75) is 37.8 Å². The number of aliphatic hydroxyl groups excluding tert-OH is 1. The molecule has 8 aromatic carbocycles. The molecule has 2 unspecified atom stereocenters. The second kappa shape index (κ2) is 23.0. The van der Waals surface area contributed by atoms with E-state index in [-0.39, 0.29) is 42.6 Å². The monoisotopic (exact) mass is 1030 g/mol. The van der Waals surface area contributed by atoms with Gasteiger partial charge in [-0.1, -0.05) is 162 Å². The van der Waals surface area contributed by atoms with Gasteiger partial charge in [0.15, 0.2) is 11.6 Å². The van der Waals surface area contributed by atoms with Crippen molar-refractivity contribution >= 4 is 96.3 Å². The summed E-state index contributed by atoms with van der Waals surface area (Å²) in [6.07, 6.45) is 7.86. The van der Waals surface area contributed by atoms with Crippen molar-refractivity contribution in [2.24, 2.45) is 0 Å². The van der Waals surface area contributed by atoms with Crippen LogP contribution in [0.1, 0.15) is 78.5 Å². The number of nitrogens with zero attached hydrogens (tertiary/aromatic N) is 4. The third kappa shape index (κ3) is 11.6. The molecule has 0 saturated heterocycles. The Labute approximate surface area is 436 Å². The molecule has 13 heteroatoms. The lowest BCUT2D eigenvalue weighted by molar-refractivity contribution is 0.0491. The van der Waals surface area contributed by atoms with Gasteiger partial charge in [-0.2, -0.15) is 0 Å². The largest absolute Gasteiger partial charge is 0.462 e. The summed E-state index contributed by atoms with van der Waals surface area (Å²) in [4.78, 5) is 48.3. The zero-order valence-electron chi connectivity index (χ0n) is 38.7. The minimum Gasteiger partial charge on any atom is -0.462 e. The Bertz CT molecular complexity index is 3590. The second-order valence-corrected chi connectivity index (χ2v) is 19.0. The van der Waals surface area contributed by atoms with Crippen LogP contribution in [0.2, 0.25) is 20.1 Å². The minimum absolute atomic E-state index is 0.0214. The topological polar surface area (TPSA) is 116 Å². The van der Waals surface area contributed by atoms with Gasteiger partial charge in [0, 0.05) is 67.4 Å². The quantitative estimate of drug-likeness (QED) is 0.0757. The van der Waals surface area contributed by atoms with Crippen molar-refractivity contribution in [3.63, 3.8) is 0 Å². The molecule has 2 atom stereocenters. The summed E-state index contributed by atoms with van der Waals surface area (Å²) in [7, 11) is 0. The van der Waals surface area contributed by atoms with E-state index in [1.54, 1.807) is 43.0 Å². The van der Waals surface area contributed by atoms with Gasteiger partial charge in [0.1, 0.15) is 0 Å². The Hall–Kier alpha value is -7.11. The number of aliphatic hydroxyl groups is 1. The van der Waals surface area contributed by atoms with Crippen LogP contribution in [0.5, 0.6) is 0 Å². The SMILES string of the molecule is O=C(OCCC(Cn1ccnc1C(=O)c1ccc2ccccc2c1)c1ccc(Cl)c(Cl)c1)c1ccc2ccccc2c1.O=C(c1ccc2ccccc2c1)c1nccn1CC(CCO)c1ccc(Cl)c(Cl)c1. The molecule has 72 heavy (non-hydrogen) atoms. The molecule has 0 aliphatic heterocycles. The fourth-order valence-electron chi connectivity index (χ4n) is 8.83. The maximum Gasteiger partial charge on any atom is 0.338 e. The molecule has 0 spiro atoms. The summed E-state index contributed by atoms with van der Waals surface area (Å²) in [5, 5.41) is 17.6. The van der Waals surface area contributed by atoms with Gasteiger partial charge in [0.05, 0.1) is 32.3 Å². The third-order valence-electron chi connectivity index (χ3n) is 12.7. The Morgan fingerprint density at radius 3 is 1.31 bits per heavy atom. The number of hydrogen-bond acceptors (Lipinski definition) is 7. The predicted molar refractivity (Wildman–Crippen MR) is 288 cm³/mol. The summed E-state index contributed by atoms with van der Waals surface area (Å²) < 4.78 is 9.38. The maximum atomic E-state index is 13.6. The lowest BCUT2D eigenvalue weighted by Crippen LogP contribution is -2.18. The van der Waals surface area contributed by atoms with E-state index in [0.717, 1.165) is 43.4 Å². The maximum absolute atomic E-state index is 13.6. The molecule has 360 valence electrons. The van der Waals surface area contributed by atoms with Gasteiger partial charge in [0.2, 0.25) is 11.6 Å². The van der Waals surface area contributed by atoms with E-state index < -0.39 is 0 Å². The summed E-state index contributed by atoms with van der Waals surface area (Å²) in [5.74, 6) is -0.159. The minimum atomic E-state index is -0.386. The molecule has 2 aromatic heterocycles. The van der Waals surface area contributed by atoms with Gasteiger partial charge < -0.3 is 19.0 Å². The second-order valence-electron chi connectivity index (χ2n) is 17.3. The van der Waals surface area contributed by atoms with Crippen molar-refractivity contribution in [1.29, 1.82) is 0 Å². The van der Waals surface area contributed by atoms with E-state index in [0.29, 0.717) is 74.4 Å². The molecule has 1 N–H and O–H groups in total. The summed E-state index contributed by atoms with van der Waals surface area (Å²) >= 11 is 24.8. The Kier molecular flexibility index (Phi) is 15.9. The predicted octanol–water partition coefficient (Wildman–Crippen LogP) is 14.5. The van der Waals surface area contributed by atoms with E-state index in [1.807, 2.05) is 155 Å². The van der Waals surface area contributed by atoms with Crippen LogP contribution in [0, 0.1) is 0 Å². The zero-order valence-corrected chi connectivity index (χ0v) is 41.7. The van der Waals surface area contributed by atoms with Crippen molar-refractivity contribution in [2.75, 3.05) is 13.2 Å². The van der Waals surface area contributed by atoms with Crippen LogP contribution in [-0.4, -0.2) is 55.0 Å². The molecule has 0 fully saturated rings. The molecular weight excluding hydrogens is 986 g/mol. The number of esters is 1. The number of ether oxygens (including phenoxy) is 1. The number of ketones is 2. The van der Waals surface area contributed by atoms with Gasteiger partial charge in [-0.25, -0.2) is 14.8 Å². The number of fused-ring (bicyclic) bond motifs is 3. The van der Waals surface area contributed by atoms with Crippen molar-refractivity contribution in [3.05, 3.63) is 248 Å². The summed E-state index contributed by atoms with van der Waals surface area (Å²) in [6.45, 7) is 1.13. The zero-order chi connectivity index (χ0) is 50.1. The molecule has 10 aromatic rings. The van der Waals surface area contributed by atoms with Crippen molar-refractivity contribution < 1.29 is 24.2 Å². The number of halogens is 4. The number of benzene rings is 8. The first-order valence-corrected chi connectivity index (χ1v) is 24.8. The van der Waals surface area contributed by atoms with Crippen LogP contribution in [0.25, 0.3) is 32.3 Å². The first kappa shape index (κ1) is 49.9. The first-order chi connectivity index (χ1) is 35.0. The fraction of sp³-hybridized carbons (Fsp3) is 0.136. The van der Waals surface area contributed by atoms with Crippen LogP contribution >= 0.6 is 46.4 Å². The van der Waals surface area contributed by atoms with E-state index in [9.17, 15) is 19.5 Å². The Balaban J connectivity index is 0.000000188. The number of hydrogen-bond donors (Lipinski definition) is 1. The highest BCUT2D eigenvalue weighted by atomic mass is 35.5. The molecule has 0 saturated carbocycles. The highest BCUT2D eigenvalue weighted by Crippen LogP contribution is 2.32. The molecule has 0 aliphatic rings. The van der Waals surface area contributed by atoms with E-state index >= 15 is 0 Å². The number of aromatic nitrogens is 4. The molecule has 10 rings (SSSR count). The summed E-state index contributed by atoms with van der Waals surface area (Å²) in [6, 6.07) is 51.5. The van der Waals surface area contributed by atoms with Crippen LogP contribution < -0.4 is 0 Å². The van der Waals surface area contributed by atoms with Gasteiger partial charge in [0.25, 0.3) is 0 Å². The van der Waals surface area contributed by atoms with Gasteiger partial charge in [-0.05, 0) is 105 Å². The highest BCUT2D eigenvalue weighted by Gasteiger charge is 2.23. The lowest BCUT2D eigenvalue weighted by atomic mass is 9.95. The number of rotatable bonds is 16. The lowest BCUT2D eigenvalue weighted by Gasteiger charge is -2.20. The van der Waals surface area contributed by atoms with Gasteiger partial charge >= 0.3 is 5.97 Å². The first-order valence-electron chi connectivity index (χ1n) is 23.3. The molecular formula is C59H46Cl4N4O5. The summed E-state index contributed by atoms with van der Waals surface area (Å²) in [5.41, 5.74) is 3.53. The number of carbonyl (C=O) groups is 3. The molecule has 0 amide bonds. The number of carbonyl (C=O) groups excluding carboxylic acids is 3. The van der Waals surface area contributed by atoms with E-state index in [4.69, 9.17) is 51.1 Å². The normalized spacial score (nSPS) is 12.1. The fourth-order valence-corrected chi connectivity index (χ4v) is 9.45. The molecule has 2 heterocycles. The van der Waals surface area contributed by atoms with Gasteiger partial charge in [-0.3, -0.25) is 9.59 Å². The average molecular weight is 1030 g/mol. The molecule has 0 radical (unpaired) electrons. The molecule has 0 aliphatic carbocycles.